The molecule has 0 aliphatic carbocycles. The molecule has 0 amide bonds. The Morgan fingerprint density at radius 1 is 1.22 bits per heavy atom. The van der Waals surface area contributed by atoms with Crippen LogP contribution >= 0.6 is 0 Å². The third kappa shape index (κ3) is 3.50. The predicted molar refractivity (Wildman–Crippen MR) is 70.7 cm³/mol. The third-order valence-electron chi connectivity index (χ3n) is 3.20. The van der Waals surface area contributed by atoms with Gasteiger partial charge in [0.15, 0.2) is 0 Å². The Morgan fingerprint density at radius 2 is 1.83 bits per heavy atom. The van der Waals surface area contributed by atoms with Gasteiger partial charge in [0.2, 0.25) is 0 Å². The molecule has 0 heterocycles. The summed E-state index contributed by atoms with van der Waals surface area (Å²) in [4.78, 5) is 2.21. The largest absolute Gasteiger partial charge is 0.329 e. The number of alkyl halides is 2. The molecule has 0 spiro atoms. The molecule has 1 aromatic carbocycles. The van der Waals surface area contributed by atoms with Gasteiger partial charge in [-0.05, 0) is 32.0 Å². The fourth-order valence-electron chi connectivity index (χ4n) is 2.31. The second kappa shape index (κ2) is 6.81. The van der Waals surface area contributed by atoms with Gasteiger partial charge in [-0.25, -0.2) is 8.78 Å². The van der Waals surface area contributed by atoms with E-state index in [0.717, 1.165) is 12.1 Å². The molecule has 0 aliphatic rings. The van der Waals surface area contributed by atoms with Gasteiger partial charge in [0, 0.05) is 24.2 Å². The highest BCUT2D eigenvalue weighted by atomic mass is 19.3. The number of likely N-dealkylation sites (N-methyl/N-ethyl adjacent to an activating group) is 1. The molecule has 18 heavy (non-hydrogen) atoms. The summed E-state index contributed by atoms with van der Waals surface area (Å²) in [6.07, 6.45) is -2.43. The van der Waals surface area contributed by atoms with Gasteiger partial charge in [0.05, 0.1) is 0 Å². The second-order valence-electron chi connectivity index (χ2n) is 4.65. The van der Waals surface area contributed by atoms with E-state index < -0.39 is 6.43 Å². The van der Waals surface area contributed by atoms with Crippen molar-refractivity contribution < 1.29 is 8.78 Å². The Kier molecular flexibility index (Phi) is 5.69. The molecule has 2 nitrogen and oxygen atoms in total. The van der Waals surface area contributed by atoms with E-state index in [1.807, 2.05) is 6.07 Å². The Morgan fingerprint density at radius 3 is 2.28 bits per heavy atom. The van der Waals surface area contributed by atoms with Crippen molar-refractivity contribution in [2.45, 2.75) is 39.3 Å². The minimum Gasteiger partial charge on any atom is -0.329 e. The van der Waals surface area contributed by atoms with Crippen LogP contribution in [0, 0.1) is 0 Å². The minimum absolute atomic E-state index is 0.00583. The van der Waals surface area contributed by atoms with Crippen molar-refractivity contribution in [2.75, 3.05) is 13.1 Å². The monoisotopic (exact) mass is 256 g/mol. The van der Waals surface area contributed by atoms with Crippen LogP contribution < -0.4 is 5.73 Å². The summed E-state index contributed by atoms with van der Waals surface area (Å²) in [7, 11) is 0. The maximum absolute atomic E-state index is 12.7. The van der Waals surface area contributed by atoms with E-state index >= 15 is 0 Å². The molecule has 1 rings (SSSR count). The van der Waals surface area contributed by atoms with Gasteiger partial charge in [0.25, 0.3) is 6.43 Å². The summed E-state index contributed by atoms with van der Waals surface area (Å²) in [6.45, 7) is 7.50. The zero-order valence-corrected chi connectivity index (χ0v) is 11.2. The van der Waals surface area contributed by atoms with Gasteiger partial charge in [0.1, 0.15) is 0 Å². The van der Waals surface area contributed by atoms with E-state index in [1.165, 1.54) is 6.07 Å². The normalized spacial score (nSPS) is 13.6. The second-order valence-corrected chi connectivity index (χ2v) is 4.65. The van der Waals surface area contributed by atoms with Crippen molar-refractivity contribution in [3.05, 3.63) is 35.4 Å². The first-order chi connectivity index (χ1) is 8.51. The SMILES string of the molecule is CCN(C(C)C)C(CN)c1cccc(C(F)F)c1. The summed E-state index contributed by atoms with van der Waals surface area (Å²) in [5.41, 5.74) is 6.74. The van der Waals surface area contributed by atoms with Gasteiger partial charge in [-0.3, -0.25) is 4.90 Å². The average Bonchev–Trinajstić information content (AvgIpc) is 2.35. The van der Waals surface area contributed by atoms with Gasteiger partial charge < -0.3 is 5.73 Å². The number of rotatable bonds is 6. The molecule has 2 N–H and O–H groups in total. The summed E-state index contributed by atoms with van der Waals surface area (Å²) >= 11 is 0. The standard InChI is InChI=1S/C14H22F2N2/c1-4-18(10(2)3)13(9-17)11-6-5-7-12(8-11)14(15)16/h5-8,10,13-14H,4,9,17H2,1-3H3. The van der Waals surface area contributed by atoms with Crippen LogP contribution in [0.4, 0.5) is 8.78 Å². The Labute approximate surface area is 108 Å². The van der Waals surface area contributed by atoms with Gasteiger partial charge in [-0.1, -0.05) is 25.1 Å². The summed E-state index contributed by atoms with van der Waals surface area (Å²) < 4.78 is 25.4. The Balaban J connectivity index is 3.04. The molecule has 0 aliphatic heterocycles. The number of hydrogen-bond donors (Lipinski definition) is 1. The first kappa shape index (κ1) is 15.1. The first-order valence-corrected chi connectivity index (χ1v) is 6.35. The number of nitrogens with two attached hydrogens (primary N) is 1. The Bertz CT molecular complexity index is 367. The highest BCUT2D eigenvalue weighted by Gasteiger charge is 2.21. The van der Waals surface area contributed by atoms with Crippen LogP contribution in [-0.4, -0.2) is 24.0 Å². The van der Waals surface area contributed by atoms with E-state index in [0.29, 0.717) is 12.6 Å². The highest BCUT2D eigenvalue weighted by molar-refractivity contribution is 5.27. The van der Waals surface area contributed by atoms with Gasteiger partial charge >= 0.3 is 0 Å². The van der Waals surface area contributed by atoms with Crippen molar-refractivity contribution in [1.82, 2.24) is 4.90 Å². The maximum atomic E-state index is 12.7. The van der Waals surface area contributed by atoms with E-state index in [2.05, 4.69) is 25.7 Å². The molecule has 1 aromatic rings. The summed E-state index contributed by atoms with van der Waals surface area (Å²) in [5, 5.41) is 0. The molecule has 102 valence electrons. The first-order valence-electron chi connectivity index (χ1n) is 6.35. The van der Waals surface area contributed by atoms with Gasteiger partial charge in [-0.15, -0.1) is 0 Å². The fraction of sp³-hybridized carbons (Fsp3) is 0.571. The van der Waals surface area contributed by atoms with Crippen LogP contribution in [0.2, 0.25) is 0 Å². The van der Waals surface area contributed by atoms with Crippen LogP contribution in [0.1, 0.15) is 44.4 Å². The zero-order chi connectivity index (χ0) is 13.7. The van der Waals surface area contributed by atoms with E-state index in [-0.39, 0.29) is 11.6 Å². The Hall–Kier alpha value is -1.00. The number of halogens is 2. The lowest BCUT2D eigenvalue weighted by Gasteiger charge is -2.33. The lowest BCUT2D eigenvalue weighted by atomic mass is 10.0. The summed E-state index contributed by atoms with van der Waals surface area (Å²) in [5.74, 6) is 0. The molecule has 0 saturated heterocycles. The van der Waals surface area contributed by atoms with Gasteiger partial charge in [-0.2, -0.15) is 0 Å². The molecule has 0 radical (unpaired) electrons. The highest BCUT2D eigenvalue weighted by Crippen LogP contribution is 2.26. The van der Waals surface area contributed by atoms with Crippen molar-refractivity contribution in [1.29, 1.82) is 0 Å². The van der Waals surface area contributed by atoms with Crippen molar-refractivity contribution >= 4 is 0 Å². The molecule has 1 unspecified atom stereocenters. The van der Waals surface area contributed by atoms with Crippen LogP contribution in [0.5, 0.6) is 0 Å². The lowest BCUT2D eigenvalue weighted by Crippen LogP contribution is -2.38. The summed E-state index contributed by atoms with van der Waals surface area (Å²) in [6, 6.07) is 6.88. The molecular formula is C14H22F2N2. The molecule has 0 fully saturated rings. The van der Waals surface area contributed by atoms with Crippen molar-refractivity contribution in [3.63, 3.8) is 0 Å². The third-order valence-corrected chi connectivity index (χ3v) is 3.20. The number of nitrogens with zero attached hydrogens (tertiary/aromatic N) is 1. The molecule has 0 saturated carbocycles. The van der Waals surface area contributed by atoms with E-state index in [4.69, 9.17) is 5.73 Å². The van der Waals surface area contributed by atoms with Crippen molar-refractivity contribution in [2.24, 2.45) is 5.73 Å². The lowest BCUT2D eigenvalue weighted by molar-refractivity contribution is 0.149. The minimum atomic E-state index is -2.43. The zero-order valence-electron chi connectivity index (χ0n) is 11.2. The molecule has 4 heteroatoms. The van der Waals surface area contributed by atoms with Crippen LogP contribution in [0.15, 0.2) is 24.3 Å². The predicted octanol–water partition coefficient (Wildman–Crippen LogP) is 3.35. The van der Waals surface area contributed by atoms with E-state index in [1.54, 1.807) is 12.1 Å². The number of benzene rings is 1. The van der Waals surface area contributed by atoms with Crippen molar-refractivity contribution in [3.8, 4) is 0 Å². The molecule has 0 aromatic heterocycles. The van der Waals surface area contributed by atoms with Crippen LogP contribution in [0.25, 0.3) is 0 Å². The molecule has 1 atom stereocenters. The van der Waals surface area contributed by atoms with Crippen LogP contribution in [0.3, 0.4) is 0 Å². The topological polar surface area (TPSA) is 29.3 Å². The smallest absolute Gasteiger partial charge is 0.263 e. The average molecular weight is 256 g/mol. The molecular weight excluding hydrogens is 234 g/mol. The molecule has 0 bridgehead atoms. The van der Waals surface area contributed by atoms with E-state index in [9.17, 15) is 8.78 Å². The fourth-order valence-corrected chi connectivity index (χ4v) is 2.31. The van der Waals surface area contributed by atoms with Crippen LogP contribution in [-0.2, 0) is 0 Å². The quantitative estimate of drug-likeness (QED) is 0.845. The maximum Gasteiger partial charge on any atom is 0.263 e. The number of hydrogen-bond acceptors (Lipinski definition) is 2.